The maximum absolute atomic E-state index is 13.2. The van der Waals surface area contributed by atoms with E-state index in [0.29, 0.717) is 25.1 Å². The van der Waals surface area contributed by atoms with Crippen LogP contribution in [0.1, 0.15) is 44.1 Å². The number of carboxylic acids is 1. The van der Waals surface area contributed by atoms with Crippen LogP contribution in [0.15, 0.2) is 24.3 Å². The molecule has 13 nitrogen and oxygen atoms in total. The SMILES string of the molecule is CSCCC(NC(=O)C(N)Cc1ccc(O)cc1)C(=O)NC(CCCCN)C(=O)NC(CCC(N)=O)C(=O)O. The van der Waals surface area contributed by atoms with Crippen LogP contribution in [-0.2, 0) is 30.4 Å². The van der Waals surface area contributed by atoms with Crippen LogP contribution in [0.5, 0.6) is 5.75 Å². The monoisotopic (exact) mass is 568 g/mol. The summed E-state index contributed by atoms with van der Waals surface area (Å²) in [6.07, 6.45) is 3.07. The number of nitrogens with one attached hydrogen (secondary N) is 3. The molecule has 0 radical (unpaired) electrons. The predicted molar refractivity (Wildman–Crippen MR) is 148 cm³/mol. The fourth-order valence-corrected chi connectivity index (χ4v) is 4.08. The largest absolute Gasteiger partial charge is 0.508 e. The normalized spacial score (nSPS) is 13.9. The Labute approximate surface area is 232 Å². The molecule has 0 heterocycles. The van der Waals surface area contributed by atoms with E-state index >= 15 is 0 Å². The second-order valence-electron chi connectivity index (χ2n) is 9.07. The van der Waals surface area contributed by atoms with E-state index in [1.165, 1.54) is 23.9 Å². The summed E-state index contributed by atoms with van der Waals surface area (Å²) in [5.41, 5.74) is 17.4. The van der Waals surface area contributed by atoms with Crippen LogP contribution in [-0.4, -0.2) is 82.5 Å². The fraction of sp³-hybridized carbons (Fsp3) is 0.560. The third-order valence-electron chi connectivity index (χ3n) is 5.85. The zero-order chi connectivity index (χ0) is 29.4. The highest BCUT2D eigenvalue weighted by atomic mass is 32.2. The summed E-state index contributed by atoms with van der Waals surface area (Å²) in [5.74, 6) is -3.36. The number of phenolic OH excluding ortho intramolecular Hbond substituents is 1. The lowest BCUT2D eigenvalue weighted by Gasteiger charge is -2.25. The van der Waals surface area contributed by atoms with Crippen molar-refractivity contribution in [1.82, 2.24) is 16.0 Å². The molecule has 0 aromatic heterocycles. The van der Waals surface area contributed by atoms with E-state index in [-0.39, 0.29) is 37.9 Å². The lowest BCUT2D eigenvalue weighted by Crippen LogP contribution is -2.57. The first-order chi connectivity index (χ1) is 18.5. The number of aliphatic carboxylic acids is 1. The number of nitrogens with two attached hydrogens (primary N) is 3. The Hall–Kier alpha value is -3.36. The van der Waals surface area contributed by atoms with Gasteiger partial charge in [0, 0.05) is 6.42 Å². The van der Waals surface area contributed by atoms with Gasteiger partial charge in [0.25, 0.3) is 0 Å². The van der Waals surface area contributed by atoms with E-state index in [4.69, 9.17) is 17.2 Å². The smallest absolute Gasteiger partial charge is 0.326 e. The maximum atomic E-state index is 13.2. The van der Waals surface area contributed by atoms with Crippen molar-refractivity contribution in [2.75, 3.05) is 18.6 Å². The Morgan fingerprint density at radius 3 is 1.97 bits per heavy atom. The first-order valence-electron chi connectivity index (χ1n) is 12.6. The number of primary amides is 1. The van der Waals surface area contributed by atoms with E-state index in [2.05, 4.69) is 16.0 Å². The second-order valence-corrected chi connectivity index (χ2v) is 10.1. The summed E-state index contributed by atoms with van der Waals surface area (Å²) in [6.45, 7) is 0.365. The molecule has 0 spiro atoms. The minimum atomic E-state index is -1.37. The fourth-order valence-electron chi connectivity index (χ4n) is 3.61. The molecular formula is C25H40N6O7S. The lowest BCUT2D eigenvalue weighted by atomic mass is 10.0. The molecule has 11 N–H and O–H groups in total. The molecule has 1 rings (SSSR count). The number of aromatic hydroxyl groups is 1. The van der Waals surface area contributed by atoms with Gasteiger partial charge in [0.1, 0.15) is 23.9 Å². The van der Waals surface area contributed by atoms with Crippen LogP contribution >= 0.6 is 11.8 Å². The molecule has 1 aromatic rings. The number of hydrogen-bond donors (Lipinski definition) is 8. The van der Waals surface area contributed by atoms with Gasteiger partial charge in [-0.3, -0.25) is 19.2 Å². The van der Waals surface area contributed by atoms with Crippen LogP contribution in [0.4, 0.5) is 0 Å². The van der Waals surface area contributed by atoms with Crippen LogP contribution in [0.3, 0.4) is 0 Å². The zero-order valence-corrected chi connectivity index (χ0v) is 22.9. The standard InChI is InChI=1S/C25H40N6O7S/c1-39-13-11-19(29-22(34)17(27)14-15-5-7-16(32)8-6-15)24(36)30-18(4-2-3-12-26)23(35)31-20(25(37)38)9-10-21(28)33/h5-8,17-20,32H,2-4,9-14,26-27H2,1H3,(H2,28,33)(H,29,34)(H,30,36)(H,31,35)(H,37,38). The molecule has 1 aromatic carbocycles. The average Bonchev–Trinajstić information content (AvgIpc) is 2.88. The van der Waals surface area contributed by atoms with Gasteiger partial charge < -0.3 is 43.4 Å². The molecule has 218 valence electrons. The molecule has 0 bridgehead atoms. The predicted octanol–water partition coefficient (Wildman–Crippen LogP) is -1.05. The highest BCUT2D eigenvalue weighted by Crippen LogP contribution is 2.12. The van der Waals surface area contributed by atoms with Crippen molar-refractivity contribution in [3.8, 4) is 5.75 Å². The molecule has 4 unspecified atom stereocenters. The summed E-state index contributed by atoms with van der Waals surface area (Å²) in [5, 5.41) is 26.5. The van der Waals surface area contributed by atoms with Crippen molar-refractivity contribution in [2.45, 2.75) is 69.1 Å². The highest BCUT2D eigenvalue weighted by molar-refractivity contribution is 7.98. The molecule has 4 atom stereocenters. The third-order valence-corrected chi connectivity index (χ3v) is 6.49. The number of thioether (sulfide) groups is 1. The molecule has 0 saturated heterocycles. The van der Waals surface area contributed by atoms with E-state index in [1.807, 2.05) is 6.26 Å². The van der Waals surface area contributed by atoms with Gasteiger partial charge >= 0.3 is 5.97 Å². The van der Waals surface area contributed by atoms with Crippen molar-refractivity contribution in [1.29, 1.82) is 0 Å². The van der Waals surface area contributed by atoms with E-state index in [9.17, 15) is 34.2 Å². The minimum Gasteiger partial charge on any atom is -0.508 e. The van der Waals surface area contributed by atoms with Gasteiger partial charge in [0.2, 0.25) is 23.6 Å². The van der Waals surface area contributed by atoms with Gasteiger partial charge in [-0.05, 0) is 74.8 Å². The molecule has 0 aliphatic carbocycles. The lowest BCUT2D eigenvalue weighted by molar-refractivity contribution is -0.142. The third kappa shape index (κ3) is 13.3. The highest BCUT2D eigenvalue weighted by Gasteiger charge is 2.30. The van der Waals surface area contributed by atoms with E-state index < -0.39 is 53.8 Å². The molecule has 0 fully saturated rings. The summed E-state index contributed by atoms with van der Waals surface area (Å²) < 4.78 is 0. The number of phenols is 1. The quantitative estimate of drug-likeness (QED) is 0.0941. The number of rotatable bonds is 19. The summed E-state index contributed by atoms with van der Waals surface area (Å²) in [7, 11) is 0. The summed E-state index contributed by atoms with van der Waals surface area (Å²) >= 11 is 1.47. The topological polar surface area (TPSA) is 240 Å². The van der Waals surface area contributed by atoms with E-state index in [1.54, 1.807) is 12.1 Å². The van der Waals surface area contributed by atoms with Crippen LogP contribution < -0.4 is 33.2 Å². The first kappa shape index (κ1) is 33.7. The molecule has 0 aliphatic rings. The molecule has 39 heavy (non-hydrogen) atoms. The Morgan fingerprint density at radius 1 is 0.872 bits per heavy atom. The van der Waals surface area contributed by atoms with Crippen molar-refractivity contribution in [2.24, 2.45) is 17.2 Å². The number of hydrogen-bond acceptors (Lipinski definition) is 9. The van der Waals surface area contributed by atoms with Gasteiger partial charge in [-0.1, -0.05) is 12.1 Å². The number of carbonyl (C=O) groups excluding carboxylic acids is 4. The zero-order valence-electron chi connectivity index (χ0n) is 22.1. The Kier molecular flexibility index (Phi) is 15.6. The van der Waals surface area contributed by atoms with Gasteiger partial charge in [-0.2, -0.15) is 11.8 Å². The van der Waals surface area contributed by atoms with Gasteiger partial charge in [0.05, 0.1) is 6.04 Å². The average molecular weight is 569 g/mol. The van der Waals surface area contributed by atoms with Crippen LogP contribution in [0, 0.1) is 0 Å². The van der Waals surface area contributed by atoms with Crippen LogP contribution in [0.2, 0.25) is 0 Å². The van der Waals surface area contributed by atoms with E-state index in [0.717, 1.165) is 5.56 Å². The first-order valence-corrected chi connectivity index (χ1v) is 14.0. The van der Waals surface area contributed by atoms with Crippen molar-refractivity contribution < 1.29 is 34.2 Å². The minimum absolute atomic E-state index is 0.0816. The second kappa shape index (κ2) is 18.0. The number of benzene rings is 1. The molecular weight excluding hydrogens is 528 g/mol. The van der Waals surface area contributed by atoms with Gasteiger partial charge in [-0.25, -0.2) is 4.79 Å². The number of carboxylic acid groups (broad SMARTS) is 1. The van der Waals surface area contributed by atoms with Gasteiger partial charge in [0.15, 0.2) is 0 Å². The molecule has 0 aliphatic heterocycles. The Balaban J connectivity index is 2.95. The number of amides is 4. The van der Waals surface area contributed by atoms with Crippen LogP contribution in [0.25, 0.3) is 0 Å². The Bertz CT molecular complexity index is 963. The molecule has 14 heteroatoms. The van der Waals surface area contributed by atoms with Crippen molar-refractivity contribution in [3.63, 3.8) is 0 Å². The maximum Gasteiger partial charge on any atom is 0.326 e. The summed E-state index contributed by atoms with van der Waals surface area (Å²) in [4.78, 5) is 61.6. The number of unbranched alkanes of at least 4 members (excludes halogenated alkanes) is 1. The number of carbonyl (C=O) groups is 5. The van der Waals surface area contributed by atoms with Gasteiger partial charge in [-0.15, -0.1) is 0 Å². The Morgan fingerprint density at radius 2 is 1.44 bits per heavy atom. The molecule has 4 amide bonds. The molecule has 0 saturated carbocycles. The van der Waals surface area contributed by atoms with Crippen molar-refractivity contribution in [3.05, 3.63) is 29.8 Å². The van der Waals surface area contributed by atoms with Crippen molar-refractivity contribution >= 4 is 41.4 Å². The summed E-state index contributed by atoms with van der Waals surface area (Å²) in [6, 6.07) is 1.80.